The third kappa shape index (κ3) is 2.07. The zero-order chi connectivity index (χ0) is 18.3. The van der Waals surface area contributed by atoms with E-state index in [2.05, 4.69) is 15.0 Å². The van der Waals surface area contributed by atoms with E-state index < -0.39 is 23.1 Å². The molecule has 3 fully saturated rings. The number of fused-ring (bicyclic) bond motifs is 1. The number of nitrogens with zero attached hydrogens (tertiary/aromatic N) is 4. The van der Waals surface area contributed by atoms with Crippen LogP contribution < -0.4 is 0 Å². The Hall–Kier alpha value is -1.32. The lowest BCUT2D eigenvalue weighted by Crippen LogP contribution is -2.49. The molecule has 1 saturated carbocycles. The van der Waals surface area contributed by atoms with Gasteiger partial charge in [0, 0.05) is 18.9 Å². The van der Waals surface area contributed by atoms with Crippen LogP contribution in [0.15, 0.2) is 12.7 Å². The zero-order valence-electron chi connectivity index (χ0n) is 14.8. The highest BCUT2D eigenvalue weighted by molar-refractivity contribution is 6.33. The molecule has 3 aliphatic rings. The molecule has 0 amide bonds. The Bertz CT molecular complexity index is 885. The second-order valence-corrected chi connectivity index (χ2v) is 8.41. The molecule has 1 aliphatic carbocycles. The summed E-state index contributed by atoms with van der Waals surface area (Å²) in [6.07, 6.45) is 3.02. The SMILES string of the molecule is CC1(C)O[C@@H]2[C@H]3OCC[C@]2(O1)[C@H](Cn1cnc2c(Cl)ncnc21)[C@@]3(C)O. The Kier molecular flexibility index (Phi) is 3.33. The van der Waals surface area contributed by atoms with Crippen LogP contribution in [0.1, 0.15) is 27.2 Å². The summed E-state index contributed by atoms with van der Waals surface area (Å²) in [5.74, 6) is -0.964. The smallest absolute Gasteiger partial charge is 0.164 e. The van der Waals surface area contributed by atoms with Crippen molar-refractivity contribution in [3.05, 3.63) is 17.8 Å². The Morgan fingerprint density at radius 1 is 1.27 bits per heavy atom. The van der Waals surface area contributed by atoms with Crippen LogP contribution in [0.4, 0.5) is 0 Å². The van der Waals surface area contributed by atoms with E-state index in [-0.39, 0.29) is 12.0 Å². The summed E-state index contributed by atoms with van der Waals surface area (Å²) in [7, 11) is 0. The van der Waals surface area contributed by atoms with E-state index in [9.17, 15) is 5.11 Å². The van der Waals surface area contributed by atoms with Gasteiger partial charge in [0.15, 0.2) is 16.6 Å². The van der Waals surface area contributed by atoms with Gasteiger partial charge in [0.2, 0.25) is 0 Å². The molecule has 26 heavy (non-hydrogen) atoms. The summed E-state index contributed by atoms with van der Waals surface area (Å²) in [4.78, 5) is 12.6. The number of ether oxygens (including phenoxy) is 3. The number of hydrogen-bond donors (Lipinski definition) is 1. The summed E-state index contributed by atoms with van der Waals surface area (Å²) in [6, 6.07) is 0. The van der Waals surface area contributed by atoms with Crippen LogP contribution in [0.25, 0.3) is 11.2 Å². The van der Waals surface area contributed by atoms with E-state index >= 15 is 0 Å². The van der Waals surface area contributed by atoms with Gasteiger partial charge in [-0.1, -0.05) is 11.6 Å². The lowest BCUT2D eigenvalue weighted by molar-refractivity contribution is -0.207. The molecular weight excluding hydrogens is 360 g/mol. The van der Waals surface area contributed by atoms with Crippen molar-refractivity contribution in [1.82, 2.24) is 19.5 Å². The summed E-state index contributed by atoms with van der Waals surface area (Å²) >= 11 is 6.12. The van der Waals surface area contributed by atoms with Gasteiger partial charge in [-0.15, -0.1) is 0 Å². The summed E-state index contributed by atoms with van der Waals surface area (Å²) < 4.78 is 20.4. The van der Waals surface area contributed by atoms with Gasteiger partial charge in [-0.05, 0) is 20.8 Å². The van der Waals surface area contributed by atoms with E-state index in [1.165, 1.54) is 6.33 Å². The highest BCUT2D eigenvalue weighted by Gasteiger charge is 2.74. The number of aliphatic hydroxyl groups is 1. The summed E-state index contributed by atoms with van der Waals surface area (Å²) in [6.45, 7) is 6.61. The molecule has 140 valence electrons. The summed E-state index contributed by atoms with van der Waals surface area (Å²) in [5, 5.41) is 11.7. The largest absolute Gasteiger partial charge is 0.387 e. The van der Waals surface area contributed by atoms with Gasteiger partial charge < -0.3 is 23.9 Å². The molecule has 2 aromatic heterocycles. The molecule has 2 aliphatic heterocycles. The molecule has 0 unspecified atom stereocenters. The van der Waals surface area contributed by atoms with Gasteiger partial charge in [-0.25, -0.2) is 15.0 Å². The third-order valence-corrected chi connectivity index (χ3v) is 6.28. The van der Waals surface area contributed by atoms with Crippen molar-refractivity contribution < 1.29 is 19.3 Å². The Morgan fingerprint density at radius 2 is 2.08 bits per heavy atom. The van der Waals surface area contributed by atoms with Crippen molar-refractivity contribution in [2.75, 3.05) is 6.61 Å². The second kappa shape index (κ2) is 5.14. The fraction of sp³-hybridized carbons (Fsp3) is 0.706. The topological polar surface area (TPSA) is 91.5 Å². The maximum Gasteiger partial charge on any atom is 0.164 e. The fourth-order valence-electron chi connectivity index (χ4n) is 5.02. The molecule has 2 bridgehead atoms. The monoisotopic (exact) mass is 380 g/mol. The average Bonchev–Trinajstić information content (AvgIpc) is 3.11. The molecule has 9 heteroatoms. The first kappa shape index (κ1) is 16.8. The predicted molar refractivity (Wildman–Crippen MR) is 91.6 cm³/mol. The van der Waals surface area contributed by atoms with Gasteiger partial charge in [-0.2, -0.15) is 0 Å². The average molecular weight is 381 g/mol. The number of halogens is 1. The minimum absolute atomic E-state index is 0.250. The Balaban J connectivity index is 1.59. The second-order valence-electron chi connectivity index (χ2n) is 8.05. The van der Waals surface area contributed by atoms with Crippen molar-refractivity contribution in [3.8, 4) is 0 Å². The van der Waals surface area contributed by atoms with Gasteiger partial charge in [0.25, 0.3) is 0 Å². The van der Waals surface area contributed by atoms with Crippen molar-refractivity contribution in [2.24, 2.45) is 5.92 Å². The van der Waals surface area contributed by atoms with Crippen molar-refractivity contribution in [2.45, 2.75) is 62.9 Å². The number of imidazole rings is 1. The Labute approximate surface area is 155 Å². The normalized spacial score (nSPS) is 40.9. The fourth-order valence-corrected chi connectivity index (χ4v) is 5.20. The molecule has 2 aromatic rings. The third-order valence-electron chi connectivity index (χ3n) is 6.00. The first-order valence-electron chi connectivity index (χ1n) is 8.78. The number of rotatable bonds is 2. The van der Waals surface area contributed by atoms with E-state index in [4.69, 9.17) is 25.8 Å². The molecule has 4 heterocycles. The van der Waals surface area contributed by atoms with Crippen LogP contribution in [0, 0.1) is 5.92 Å². The standard InChI is InChI=1S/C17H21ClN4O4/c1-15(2)25-12-11-16(3,23)9(17(12,26-15)4-5-24-11)6-22-8-21-10-13(18)19-7-20-14(10)22/h7-9,11-12,23H,4-6H2,1-3H3/t9-,11-,12-,16-,17+/m1/s1. The molecule has 0 aromatic carbocycles. The molecule has 8 nitrogen and oxygen atoms in total. The van der Waals surface area contributed by atoms with Crippen molar-refractivity contribution in [1.29, 1.82) is 0 Å². The number of hydrogen-bond acceptors (Lipinski definition) is 7. The van der Waals surface area contributed by atoms with Crippen LogP contribution >= 0.6 is 11.6 Å². The first-order chi connectivity index (χ1) is 12.2. The van der Waals surface area contributed by atoms with E-state index in [1.807, 2.05) is 18.4 Å². The minimum Gasteiger partial charge on any atom is -0.387 e. The molecule has 0 spiro atoms. The van der Waals surface area contributed by atoms with Crippen molar-refractivity contribution in [3.63, 3.8) is 0 Å². The minimum atomic E-state index is -1.11. The van der Waals surface area contributed by atoms with Crippen molar-refractivity contribution >= 4 is 22.8 Å². The molecular formula is C17H21ClN4O4. The van der Waals surface area contributed by atoms with E-state index in [0.717, 1.165) is 0 Å². The van der Waals surface area contributed by atoms with Crippen LogP contribution in [-0.4, -0.2) is 60.4 Å². The molecule has 1 N–H and O–H groups in total. The lowest BCUT2D eigenvalue weighted by atomic mass is 9.81. The lowest BCUT2D eigenvalue weighted by Gasteiger charge is -2.37. The van der Waals surface area contributed by atoms with Gasteiger partial charge >= 0.3 is 0 Å². The van der Waals surface area contributed by atoms with E-state index in [1.54, 1.807) is 13.3 Å². The van der Waals surface area contributed by atoms with Crippen LogP contribution in [-0.2, 0) is 20.8 Å². The molecule has 0 radical (unpaired) electrons. The van der Waals surface area contributed by atoms with Crippen LogP contribution in [0.2, 0.25) is 5.15 Å². The molecule has 2 saturated heterocycles. The van der Waals surface area contributed by atoms with Gasteiger partial charge in [0.1, 0.15) is 29.7 Å². The number of aromatic nitrogens is 4. The van der Waals surface area contributed by atoms with Gasteiger partial charge in [0.05, 0.1) is 18.5 Å². The Morgan fingerprint density at radius 3 is 2.88 bits per heavy atom. The molecule has 5 atom stereocenters. The summed E-state index contributed by atoms with van der Waals surface area (Å²) in [5.41, 5.74) is -0.535. The maximum absolute atomic E-state index is 11.3. The zero-order valence-corrected chi connectivity index (χ0v) is 15.6. The highest BCUT2D eigenvalue weighted by atomic mass is 35.5. The quantitative estimate of drug-likeness (QED) is 0.790. The molecule has 5 rings (SSSR count). The predicted octanol–water partition coefficient (Wildman–Crippen LogP) is 1.54. The van der Waals surface area contributed by atoms with Gasteiger partial charge in [-0.3, -0.25) is 0 Å². The highest BCUT2D eigenvalue weighted by Crippen LogP contribution is 2.59. The maximum atomic E-state index is 11.3. The van der Waals surface area contributed by atoms with E-state index in [0.29, 0.717) is 35.9 Å². The first-order valence-corrected chi connectivity index (χ1v) is 9.16. The van der Waals surface area contributed by atoms with Crippen LogP contribution in [0.5, 0.6) is 0 Å². The van der Waals surface area contributed by atoms with Crippen LogP contribution in [0.3, 0.4) is 0 Å².